The SMILES string of the molecule is CCCCCCCCCCCCCCC/C=C/[C@@H](O)[C@H](CO[C@@H]1O[C@H](CO)[C@H](O)[C@H](C(F)(F)[C@]2(C(=O)O)C[C@H](O)[C@@H](NC(C)=O)[C@H]([C@H](O)[C@H](O)CO)O2)[C@H]1O)NC(=O)CCCCCCCCCCCCCCCCC. The number of hydrogen-bond acceptors (Lipinski definition) is 14. The number of rotatable bonds is 44. The molecular weight excluding hydrogens is 979 g/mol. The fourth-order valence-corrected chi connectivity index (χ4v) is 10.4. The molecule has 0 aromatic heterocycles. The Labute approximate surface area is 447 Å². The summed E-state index contributed by atoms with van der Waals surface area (Å²) in [5, 5.41) is 102. The normalized spacial score (nSPS) is 26.0. The van der Waals surface area contributed by atoms with Gasteiger partial charge in [-0.2, -0.15) is 0 Å². The van der Waals surface area contributed by atoms with Crippen molar-refractivity contribution in [3.8, 4) is 0 Å². The van der Waals surface area contributed by atoms with Gasteiger partial charge >= 0.3 is 5.97 Å². The zero-order valence-corrected chi connectivity index (χ0v) is 45.9. The quantitative estimate of drug-likeness (QED) is 0.0216. The highest BCUT2D eigenvalue weighted by atomic mass is 19.3. The number of allylic oxidation sites excluding steroid dienone is 1. The van der Waals surface area contributed by atoms with Gasteiger partial charge < -0.3 is 70.8 Å². The second kappa shape index (κ2) is 39.0. The Hall–Kier alpha value is -2.43. The summed E-state index contributed by atoms with van der Waals surface area (Å²) in [6, 6.07) is -2.99. The van der Waals surface area contributed by atoms with Gasteiger partial charge in [0.2, 0.25) is 17.4 Å². The van der Waals surface area contributed by atoms with Crippen LogP contribution in [0.4, 0.5) is 8.78 Å². The van der Waals surface area contributed by atoms with Gasteiger partial charge in [-0.3, -0.25) is 9.59 Å². The predicted octanol–water partition coefficient (Wildman–Crippen LogP) is 7.03. The number of amides is 2. The molecule has 2 saturated heterocycles. The van der Waals surface area contributed by atoms with Crippen LogP contribution in [-0.2, 0) is 28.6 Å². The molecule has 0 aliphatic carbocycles. The smallest absolute Gasteiger partial charge is 0.342 e. The van der Waals surface area contributed by atoms with Gasteiger partial charge in [-0.05, 0) is 19.3 Å². The Morgan fingerprint density at radius 2 is 1.19 bits per heavy atom. The van der Waals surface area contributed by atoms with E-state index < -0.39 is 129 Å². The van der Waals surface area contributed by atoms with E-state index in [0.29, 0.717) is 12.8 Å². The van der Waals surface area contributed by atoms with Crippen molar-refractivity contribution in [1.29, 1.82) is 0 Å². The topological polar surface area (TPSA) is 285 Å². The highest BCUT2D eigenvalue weighted by Crippen LogP contribution is 2.50. The van der Waals surface area contributed by atoms with Gasteiger partial charge in [-0.1, -0.05) is 193 Å². The molecule has 0 saturated carbocycles. The first kappa shape index (κ1) is 68.7. The van der Waals surface area contributed by atoms with Crippen LogP contribution in [0, 0.1) is 5.92 Å². The van der Waals surface area contributed by atoms with Crippen molar-refractivity contribution in [3.05, 3.63) is 12.2 Å². The summed E-state index contributed by atoms with van der Waals surface area (Å²) >= 11 is 0. The largest absolute Gasteiger partial charge is 0.479 e. The summed E-state index contributed by atoms with van der Waals surface area (Å²) < 4.78 is 51.2. The molecule has 17 nitrogen and oxygen atoms in total. The van der Waals surface area contributed by atoms with E-state index in [1.165, 1.54) is 128 Å². The minimum Gasteiger partial charge on any atom is -0.479 e. The molecule has 2 rings (SSSR count). The second-order valence-electron chi connectivity index (χ2n) is 21.5. The number of unbranched alkanes of at least 4 members (excludes halogenated alkanes) is 27. The molecule has 2 heterocycles. The third-order valence-corrected chi connectivity index (χ3v) is 15.1. The van der Waals surface area contributed by atoms with Crippen LogP contribution in [0.15, 0.2) is 12.2 Å². The number of ether oxygens (including phenoxy) is 3. The van der Waals surface area contributed by atoms with E-state index in [1.807, 2.05) is 0 Å². The lowest BCUT2D eigenvalue weighted by atomic mass is 9.71. The van der Waals surface area contributed by atoms with E-state index >= 15 is 8.78 Å². The van der Waals surface area contributed by atoms with Gasteiger partial charge in [0.1, 0.15) is 30.5 Å². The third kappa shape index (κ3) is 24.2. The summed E-state index contributed by atoms with van der Waals surface area (Å²) in [5.74, 6) is -11.5. The van der Waals surface area contributed by atoms with Gasteiger partial charge in [0.05, 0.1) is 56.1 Å². The first-order chi connectivity index (χ1) is 35.9. The molecule has 2 fully saturated rings. The van der Waals surface area contributed by atoms with Crippen molar-refractivity contribution in [2.75, 3.05) is 19.8 Å². The van der Waals surface area contributed by atoms with Crippen LogP contribution in [0.2, 0.25) is 0 Å². The average Bonchev–Trinajstić information content (AvgIpc) is 3.37. The number of carboxylic acids is 1. The lowest BCUT2D eigenvalue weighted by Gasteiger charge is -2.53. The molecule has 0 radical (unpaired) electrons. The van der Waals surface area contributed by atoms with Crippen molar-refractivity contribution < 1.29 is 83.3 Å². The number of carbonyl (C=O) groups is 3. The molecule has 19 heteroatoms. The van der Waals surface area contributed by atoms with Crippen molar-refractivity contribution >= 4 is 17.8 Å². The van der Waals surface area contributed by atoms with E-state index in [9.17, 15) is 60.3 Å². The van der Waals surface area contributed by atoms with Gasteiger partial charge in [0, 0.05) is 19.8 Å². The molecule has 0 unspecified atom stereocenters. The van der Waals surface area contributed by atoms with E-state index in [4.69, 9.17) is 14.2 Å². The monoisotopic (exact) mass is 1080 g/mol. The van der Waals surface area contributed by atoms with Gasteiger partial charge in [0.15, 0.2) is 6.29 Å². The highest BCUT2D eigenvalue weighted by Gasteiger charge is 2.73. The van der Waals surface area contributed by atoms with E-state index in [-0.39, 0.29) is 6.42 Å². The van der Waals surface area contributed by atoms with Crippen LogP contribution in [0.3, 0.4) is 0 Å². The van der Waals surface area contributed by atoms with Crippen LogP contribution in [0.25, 0.3) is 0 Å². The molecule has 13 atom stereocenters. The van der Waals surface area contributed by atoms with Crippen LogP contribution in [0.5, 0.6) is 0 Å². The molecule has 0 bridgehead atoms. The van der Waals surface area contributed by atoms with Crippen molar-refractivity contribution in [2.24, 2.45) is 5.92 Å². The maximum absolute atomic E-state index is 17.3. The first-order valence-corrected chi connectivity index (χ1v) is 29.0. The Morgan fingerprint density at radius 1 is 0.720 bits per heavy atom. The zero-order valence-electron chi connectivity index (χ0n) is 45.9. The van der Waals surface area contributed by atoms with Crippen molar-refractivity contribution in [3.63, 3.8) is 0 Å². The molecule has 0 aromatic rings. The van der Waals surface area contributed by atoms with Crippen LogP contribution in [0.1, 0.15) is 220 Å². The summed E-state index contributed by atoms with van der Waals surface area (Å²) in [6.45, 7) is 2.47. The maximum atomic E-state index is 17.3. The average molecular weight is 1080 g/mol. The molecule has 2 aliphatic rings. The van der Waals surface area contributed by atoms with Crippen molar-refractivity contribution in [2.45, 2.75) is 299 Å². The lowest BCUT2D eigenvalue weighted by molar-refractivity contribution is -0.355. The fraction of sp³-hybridized carbons (Fsp3) is 0.911. The molecule has 440 valence electrons. The van der Waals surface area contributed by atoms with E-state index in [1.54, 1.807) is 6.08 Å². The van der Waals surface area contributed by atoms with Gasteiger partial charge in [-0.15, -0.1) is 0 Å². The molecule has 0 aromatic carbocycles. The lowest BCUT2D eigenvalue weighted by Crippen LogP contribution is -2.75. The minimum atomic E-state index is -4.93. The molecule has 75 heavy (non-hydrogen) atoms. The number of aliphatic carboxylic acids is 1. The summed E-state index contributed by atoms with van der Waals surface area (Å²) in [6.07, 6.45) is 15.8. The number of aliphatic hydroxyl groups is 8. The van der Waals surface area contributed by atoms with Gasteiger partial charge in [0.25, 0.3) is 5.92 Å². The molecular formula is C56H102F2N2O15. The van der Waals surface area contributed by atoms with Crippen LogP contribution < -0.4 is 10.6 Å². The van der Waals surface area contributed by atoms with E-state index in [0.717, 1.165) is 58.3 Å². The van der Waals surface area contributed by atoms with Crippen LogP contribution in [-0.4, -0.2) is 162 Å². The Bertz CT molecular complexity index is 1550. The summed E-state index contributed by atoms with van der Waals surface area (Å²) in [5.41, 5.74) is -3.89. The summed E-state index contributed by atoms with van der Waals surface area (Å²) in [4.78, 5) is 38.4. The van der Waals surface area contributed by atoms with Crippen LogP contribution >= 0.6 is 0 Å². The molecule has 0 spiro atoms. The standard InChI is InChI=1S/C56H102F2N2O15/c1-4-6-8-10-12-14-16-18-20-22-24-26-28-30-32-34-42(64)41(60-46(67)35-33-31-29-27-25-23-21-19-17-15-13-11-9-7-5-2)39-73-53-51(70)47(50(69)45(38-62)74-53)56(57,58)55(54(71)72)36-43(65)48(59-40(3)63)52(75-55)49(68)44(66)37-61/h32,34,41-45,47-53,61-62,64-66,68-70H,4-31,33,35-39H2,1-3H3,(H,59,63)(H,60,67)(H,71,72)/b34-32+/t41-,42+,43-,44+,45+,47-,48+,49+,50-,51+,52+,53+,55+/m0/s1. The number of aliphatic hydroxyl groups excluding tert-OH is 8. The maximum Gasteiger partial charge on any atom is 0.342 e. The fourth-order valence-electron chi connectivity index (χ4n) is 10.4. The molecule has 2 amide bonds. The number of halogens is 2. The van der Waals surface area contributed by atoms with Gasteiger partial charge in [-0.25, -0.2) is 13.6 Å². The van der Waals surface area contributed by atoms with Crippen molar-refractivity contribution in [1.82, 2.24) is 10.6 Å². The highest BCUT2D eigenvalue weighted by molar-refractivity contribution is 5.80. The number of nitrogens with one attached hydrogen (secondary N) is 2. The number of carboxylic acid groups (broad SMARTS) is 1. The second-order valence-corrected chi connectivity index (χ2v) is 21.5. The number of carbonyl (C=O) groups excluding carboxylic acids is 2. The first-order valence-electron chi connectivity index (χ1n) is 29.0. The minimum absolute atomic E-state index is 0.122. The Balaban J connectivity index is 2.16. The number of alkyl halides is 2. The molecule has 2 aliphatic heterocycles. The Kier molecular flexibility index (Phi) is 35.7. The number of hydrogen-bond donors (Lipinski definition) is 11. The predicted molar refractivity (Wildman–Crippen MR) is 282 cm³/mol. The van der Waals surface area contributed by atoms with E-state index in [2.05, 4.69) is 24.5 Å². The Morgan fingerprint density at radius 3 is 1.63 bits per heavy atom. The molecule has 11 N–H and O–H groups in total. The third-order valence-electron chi connectivity index (χ3n) is 15.1. The summed E-state index contributed by atoms with van der Waals surface area (Å²) in [7, 11) is 0. The zero-order chi connectivity index (χ0) is 55.7.